The van der Waals surface area contributed by atoms with Crippen molar-refractivity contribution < 1.29 is 0 Å². The Balaban J connectivity index is 2.14. The van der Waals surface area contributed by atoms with Crippen LogP contribution in [0.2, 0.25) is 5.02 Å². The summed E-state index contributed by atoms with van der Waals surface area (Å²) in [5.41, 5.74) is 4.89. The van der Waals surface area contributed by atoms with Crippen LogP contribution in [0.1, 0.15) is 39.3 Å². The van der Waals surface area contributed by atoms with E-state index in [4.69, 9.17) is 11.6 Å². The first-order valence-corrected chi connectivity index (χ1v) is 8.81. The first-order chi connectivity index (χ1) is 11.0. The van der Waals surface area contributed by atoms with Gasteiger partial charge in [-0.2, -0.15) is 0 Å². The Morgan fingerprint density at radius 2 is 1.70 bits per heavy atom. The van der Waals surface area contributed by atoms with Crippen LogP contribution in [-0.4, -0.2) is 0 Å². The smallest absolute Gasteiger partial charge is 0.0434 e. The largest absolute Gasteiger partial charge is 0.140 e. The lowest BCUT2D eigenvalue weighted by atomic mass is 9.89. The van der Waals surface area contributed by atoms with Crippen molar-refractivity contribution in [3.05, 3.63) is 98.7 Å². The topological polar surface area (TPSA) is 0 Å². The van der Waals surface area contributed by atoms with Gasteiger partial charge in [0.1, 0.15) is 0 Å². The molecule has 0 bridgehead atoms. The average Bonchev–Trinajstić information content (AvgIpc) is 2.97. The van der Waals surface area contributed by atoms with Gasteiger partial charge in [-0.1, -0.05) is 60.1 Å². The maximum Gasteiger partial charge on any atom is 0.0434 e. The number of thiophene rings is 1. The van der Waals surface area contributed by atoms with Crippen LogP contribution in [0.5, 0.6) is 0 Å². The predicted octanol–water partition coefficient (Wildman–Crippen LogP) is 6.92. The Labute approximate surface area is 147 Å². The molecule has 2 heteroatoms. The molecule has 0 aliphatic carbocycles. The van der Waals surface area contributed by atoms with Crippen LogP contribution in [-0.2, 0) is 0 Å². The molecule has 1 unspecified atom stereocenters. The Kier molecular flexibility index (Phi) is 4.70. The van der Waals surface area contributed by atoms with E-state index in [1.165, 1.54) is 26.4 Å². The Morgan fingerprint density at radius 1 is 1.00 bits per heavy atom. The second-order valence-corrected chi connectivity index (χ2v) is 7.44. The van der Waals surface area contributed by atoms with Crippen molar-refractivity contribution >= 4 is 28.5 Å². The van der Waals surface area contributed by atoms with Crippen LogP contribution in [0.25, 0.3) is 5.57 Å². The molecule has 2 aromatic carbocycles. The van der Waals surface area contributed by atoms with Gasteiger partial charge in [-0.15, -0.1) is 11.3 Å². The predicted molar refractivity (Wildman–Crippen MR) is 103 cm³/mol. The number of halogens is 1. The van der Waals surface area contributed by atoms with Crippen LogP contribution in [0.4, 0.5) is 0 Å². The molecule has 0 saturated heterocycles. The van der Waals surface area contributed by atoms with E-state index in [0.29, 0.717) is 0 Å². The molecule has 0 aliphatic rings. The number of hydrogen-bond acceptors (Lipinski definition) is 1. The van der Waals surface area contributed by atoms with Crippen LogP contribution in [0.15, 0.2) is 67.2 Å². The summed E-state index contributed by atoms with van der Waals surface area (Å²) < 4.78 is 0. The Hall–Kier alpha value is -1.83. The molecule has 0 spiro atoms. The molecular weight excluding hydrogens is 320 g/mol. The molecule has 1 heterocycles. The summed E-state index contributed by atoms with van der Waals surface area (Å²) in [4.78, 5) is 2.55. The summed E-state index contributed by atoms with van der Waals surface area (Å²) in [6.45, 7) is 8.24. The zero-order valence-corrected chi connectivity index (χ0v) is 14.9. The lowest BCUT2D eigenvalue weighted by Crippen LogP contribution is -2.01. The van der Waals surface area contributed by atoms with Gasteiger partial charge in [0.15, 0.2) is 0 Å². The number of aryl methyl sites for hydroxylation is 1. The second kappa shape index (κ2) is 6.74. The maximum atomic E-state index is 6.24. The van der Waals surface area contributed by atoms with Gasteiger partial charge >= 0.3 is 0 Å². The zero-order chi connectivity index (χ0) is 16.4. The number of rotatable bonds is 4. The quantitative estimate of drug-likeness (QED) is 0.484. The molecule has 3 rings (SSSR count). The van der Waals surface area contributed by atoms with Gasteiger partial charge in [0.25, 0.3) is 0 Å². The van der Waals surface area contributed by atoms with Crippen molar-refractivity contribution in [1.29, 1.82) is 0 Å². The van der Waals surface area contributed by atoms with Crippen molar-refractivity contribution in [2.24, 2.45) is 0 Å². The first kappa shape index (κ1) is 16.0. The highest BCUT2D eigenvalue weighted by atomic mass is 35.5. The fraction of sp³-hybridized carbons (Fsp3) is 0.143. The molecule has 0 saturated carbocycles. The molecule has 1 aromatic heterocycles. The first-order valence-electron chi connectivity index (χ1n) is 7.62. The minimum Gasteiger partial charge on any atom is -0.140 e. The maximum absolute atomic E-state index is 6.24. The lowest BCUT2D eigenvalue weighted by molar-refractivity contribution is 1.00. The van der Waals surface area contributed by atoms with Crippen LogP contribution >= 0.6 is 22.9 Å². The molecule has 0 fully saturated rings. The molecule has 0 radical (unpaired) electrons. The molecule has 0 amide bonds. The van der Waals surface area contributed by atoms with Gasteiger partial charge in [-0.3, -0.25) is 0 Å². The van der Waals surface area contributed by atoms with E-state index in [9.17, 15) is 0 Å². The van der Waals surface area contributed by atoms with E-state index in [1.54, 1.807) is 0 Å². The van der Waals surface area contributed by atoms with Crippen molar-refractivity contribution in [3.63, 3.8) is 0 Å². The minimum atomic E-state index is 0.201. The van der Waals surface area contributed by atoms with E-state index in [0.717, 1.165) is 10.6 Å². The third kappa shape index (κ3) is 3.57. The van der Waals surface area contributed by atoms with E-state index < -0.39 is 0 Å². The minimum absolute atomic E-state index is 0.201. The SMILES string of the molecule is C=C(C)c1ccc(C(c2cccc(C)c2)c2cccc(Cl)c2)s1. The van der Waals surface area contributed by atoms with Crippen molar-refractivity contribution in [3.8, 4) is 0 Å². The van der Waals surface area contributed by atoms with Crippen molar-refractivity contribution in [2.75, 3.05) is 0 Å². The number of benzene rings is 2. The molecule has 3 aromatic rings. The summed E-state index contributed by atoms with van der Waals surface area (Å²) in [5, 5.41) is 0.775. The molecule has 1 atom stereocenters. The highest BCUT2D eigenvalue weighted by molar-refractivity contribution is 7.13. The molecule has 0 aliphatic heterocycles. The van der Waals surface area contributed by atoms with Crippen LogP contribution < -0.4 is 0 Å². The van der Waals surface area contributed by atoms with Gasteiger partial charge < -0.3 is 0 Å². The standard InChI is InChI=1S/C21H19ClS/c1-14(2)19-10-11-20(23-19)21(16-7-4-6-15(3)12-16)17-8-5-9-18(22)13-17/h4-13,21H,1H2,2-3H3. The second-order valence-electron chi connectivity index (χ2n) is 5.88. The molecule has 23 heavy (non-hydrogen) atoms. The van der Waals surface area contributed by atoms with Gasteiger partial charge in [-0.05, 0) is 54.8 Å². The number of allylic oxidation sites excluding steroid dienone is 1. The van der Waals surface area contributed by atoms with Gasteiger partial charge in [0.2, 0.25) is 0 Å². The molecule has 0 N–H and O–H groups in total. The highest BCUT2D eigenvalue weighted by Crippen LogP contribution is 2.38. The summed E-state index contributed by atoms with van der Waals surface area (Å²) in [6.07, 6.45) is 0. The third-order valence-corrected chi connectivity index (χ3v) is 5.44. The molecule has 0 nitrogen and oxygen atoms in total. The molecular formula is C21H19ClS. The normalized spacial score (nSPS) is 12.1. The monoisotopic (exact) mass is 338 g/mol. The van der Waals surface area contributed by atoms with Crippen LogP contribution in [0, 0.1) is 6.92 Å². The van der Waals surface area contributed by atoms with Gasteiger partial charge in [-0.25, -0.2) is 0 Å². The van der Waals surface area contributed by atoms with Crippen molar-refractivity contribution in [2.45, 2.75) is 19.8 Å². The summed E-state index contributed by atoms with van der Waals surface area (Å²) >= 11 is 8.05. The summed E-state index contributed by atoms with van der Waals surface area (Å²) in [7, 11) is 0. The fourth-order valence-corrected chi connectivity index (χ4v) is 4.08. The Morgan fingerprint density at radius 3 is 2.30 bits per heavy atom. The molecule has 116 valence electrons. The summed E-state index contributed by atoms with van der Waals surface area (Å²) in [6, 6.07) is 21.2. The lowest BCUT2D eigenvalue weighted by Gasteiger charge is -2.18. The third-order valence-electron chi connectivity index (χ3n) is 3.89. The van der Waals surface area contributed by atoms with Crippen molar-refractivity contribution in [1.82, 2.24) is 0 Å². The van der Waals surface area contributed by atoms with Crippen LogP contribution in [0.3, 0.4) is 0 Å². The highest BCUT2D eigenvalue weighted by Gasteiger charge is 2.19. The summed E-state index contributed by atoms with van der Waals surface area (Å²) in [5.74, 6) is 0.201. The Bertz CT molecular complexity index is 799. The fourth-order valence-electron chi connectivity index (χ4n) is 2.79. The van der Waals surface area contributed by atoms with Gasteiger partial charge in [0, 0.05) is 20.7 Å². The van der Waals surface area contributed by atoms with Gasteiger partial charge in [0.05, 0.1) is 0 Å². The van der Waals surface area contributed by atoms with E-state index in [2.05, 4.69) is 69.0 Å². The van der Waals surface area contributed by atoms with E-state index in [-0.39, 0.29) is 5.92 Å². The van der Waals surface area contributed by atoms with E-state index >= 15 is 0 Å². The average molecular weight is 339 g/mol. The number of hydrogen-bond donors (Lipinski definition) is 0. The zero-order valence-electron chi connectivity index (χ0n) is 13.3. The van der Waals surface area contributed by atoms with E-state index in [1.807, 2.05) is 23.5 Å².